The van der Waals surface area contributed by atoms with Crippen LogP contribution in [0.4, 0.5) is 10.6 Å². The summed E-state index contributed by atoms with van der Waals surface area (Å²) in [5.41, 5.74) is 6.14. The van der Waals surface area contributed by atoms with E-state index in [1.54, 1.807) is 11.3 Å². The van der Waals surface area contributed by atoms with Crippen LogP contribution >= 0.6 is 11.3 Å². The Bertz CT molecular complexity index is 1580. The van der Waals surface area contributed by atoms with E-state index in [2.05, 4.69) is 38.9 Å². The summed E-state index contributed by atoms with van der Waals surface area (Å²) in [5, 5.41) is 17.3. The second-order valence-corrected chi connectivity index (χ2v) is 13.4. The molecule has 0 saturated carbocycles. The van der Waals surface area contributed by atoms with Crippen LogP contribution in [0.3, 0.4) is 0 Å². The number of carbonyl (C=O) groups is 1. The van der Waals surface area contributed by atoms with Gasteiger partial charge in [0, 0.05) is 35.5 Å². The highest BCUT2D eigenvalue weighted by atomic mass is 32.1. The molecule has 6 heterocycles. The van der Waals surface area contributed by atoms with E-state index in [0.29, 0.717) is 19.0 Å². The van der Waals surface area contributed by atoms with Gasteiger partial charge in [0.1, 0.15) is 17.6 Å². The van der Waals surface area contributed by atoms with Crippen molar-refractivity contribution in [2.75, 3.05) is 25.1 Å². The normalized spacial score (nSPS) is 24.2. The van der Waals surface area contributed by atoms with Gasteiger partial charge < -0.3 is 19.5 Å². The molecule has 4 aromatic rings. The summed E-state index contributed by atoms with van der Waals surface area (Å²) in [7, 11) is 0. The van der Waals surface area contributed by atoms with Gasteiger partial charge in [0.2, 0.25) is 0 Å². The number of anilines is 1. The van der Waals surface area contributed by atoms with Crippen LogP contribution in [-0.4, -0.2) is 79.5 Å². The van der Waals surface area contributed by atoms with Gasteiger partial charge in [0.05, 0.1) is 52.9 Å². The molecular weight excluding hydrogens is 566 g/mol. The largest absolute Gasteiger partial charge is 0.444 e. The maximum absolute atomic E-state index is 12.9. The molecule has 11 nitrogen and oxygen atoms in total. The van der Waals surface area contributed by atoms with Crippen LogP contribution in [0, 0.1) is 0 Å². The lowest BCUT2D eigenvalue weighted by atomic mass is 9.90. The molecule has 226 valence electrons. The van der Waals surface area contributed by atoms with E-state index in [1.165, 1.54) is 0 Å². The van der Waals surface area contributed by atoms with Crippen LogP contribution in [0.25, 0.3) is 32.6 Å². The Balaban J connectivity index is 1.05. The zero-order chi connectivity index (χ0) is 29.6. The van der Waals surface area contributed by atoms with E-state index in [1.807, 2.05) is 54.2 Å². The molecule has 43 heavy (non-hydrogen) atoms. The molecule has 3 unspecified atom stereocenters. The molecule has 3 aliphatic rings. The SMILES string of the molecule is CC(C)(C)OC(=O)N1C2COC[C@H]1CC(Nc1ccc(-c3ccc(-c4cnn(C5CCCCO5)c4)c4ncsc34)nn1)C2. The maximum Gasteiger partial charge on any atom is 0.410 e. The number of fused-ring (bicyclic) bond motifs is 3. The third-order valence-corrected chi connectivity index (χ3v) is 9.12. The minimum atomic E-state index is -0.531. The van der Waals surface area contributed by atoms with Crippen LogP contribution in [0.2, 0.25) is 0 Å². The Morgan fingerprint density at radius 1 is 1.07 bits per heavy atom. The van der Waals surface area contributed by atoms with Crippen molar-refractivity contribution < 1.29 is 19.0 Å². The van der Waals surface area contributed by atoms with Crippen LogP contribution in [-0.2, 0) is 14.2 Å². The van der Waals surface area contributed by atoms with Crippen molar-refractivity contribution in [3.63, 3.8) is 0 Å². The monoisotopic (exact) mass is 603 g/mol. The molecule has 1 amide bonds. The van der Waals surface area contributed by atoms with Crippen molar-refractivity contribution in [1.29, 1.82) is 0 Å². The summed E-state index contributed by atoms with van der Waals surface area (Å²) in [5.74, 6) is 0.716. The van der Waals surface area contributed by atoms with Crippen LogP contribution in [0.15, 0.2) is 42.2 Å². The molecule has 3 aliphatic heterocycles. The third-order valence-electron chi connectivity index (χ3n) is 8.26. The Hall–Kier alpha value is -3.61. The number of piperidine rings is 1. The number of ether oxygens (including phenoxy) is 3. The second kappa shape index (κ2) is 11.5. The Labute approximate surface area is 254 Å². The van der Waals surface area contributed by atoms with E-state index in [-0.39, 0.29) is 30.4 Å². The molecule has 0 radical (unpaired) electrons. The summed E-state index contributed by atoms with van der Waals surface area (Å²) in [6.07, 6.45) is 8.45. The first kappa shape index (κ1) is 28.2. The van der Waals surface area contributed by atoms with E-state index in [9.17, 15) is 4.79 Å². The van der Waals surface area contributed by atoms with Gasteiger partial charge in [-0.3, -0.25) is 4.90 Å². The number of carbonyl (C=O) groups excluding carboxylic acids is 1. The molecule has 3 saturated heterocycles. The summed E-state index contributed by atoms with van der Waals surface area (Å²) in [6.45, 7) is 7.48. The van der Waals surface area contributed by atoms with Gasteiger partial charge in [-0.25, -0.2) is 14.5 Å². The average Bonchev–Trinajstić information content (AvgIpc) is 3.67. The molecule has 1 N–H and O–H groups in total. The Kier molecular flexibility index (Phi) is 7.52. The summed E-state index contributed by atoms with van der Waals surface area (Å²) >= 11 is 1.60. The fraction of sp³-hybridized carbons (Fsp3) is 0.516. The predicted octanol–water partition coefficient (Wildman–Crippen LogP) is 5.89. The minimum Gasteiger partial charge on any atom is -0.444 e. The number of rotatable bonds is 5. The molecular formula is C31H37N7O4S. The number of thiazole rings is 1. The molecule has 4 atom stereocenters. The number of nitrogens with one attached hydrogen (secondary N) is 1. The Morgan fingerprint density at radius 3 is 2.60 bits per heavy atom. The van der Waals surface area contributed by atoms with E-state index < -0.39 is 5.60 Å². The number of hydrogen-bond donors (Lipinski definition) is 1. The van der Waals surface area contributed by atoms with Crippen LogP contribution in [0.1, 0.15) is 59.1 Å². The van der Waals surface area contributed by atoms with Gasteiger partial charge in [-0.2, -0.15) is 5.10 Å². The standard InChI is InChI=1S/C31H37N7O4S/c1-31(2,3)42-30(39)38-21-12-20(13-22(38)17-40-16-21)34-26-10-9-25(35-36-26)24-8-7-23(28-29(24)43-18-32-28)19-14-33-37(15-19)27-6-4-5-11-41-27/h7-10,14-15,18,20-22,27H,4-6,11-13,16-17H2,1-3H3,(H,34,36)/t20?,21-,22?,27?/m1/s1. The third kappa shape index (κ3) is 5.83. The first-order chi connectivity index (χ1) is 20.8. The lowest BCUT2D eigenvalue weighted by molar-refractivity contribution is -0.0803. The van der Waals surface area contributed by atoms with Gasteiger partial charge in [-0.1, -0.05) is 12.1 Å². The average molecular weight is 604 g/mol. The van der Waals surface area contributed by atoms with Crippen molar-refractivity contribution >= 4 is 33.5 Å². The van der Waals surface area contributed by atoms with Gasteiger partial charge in [0.25, 0.3) is 0 Å². The zero-order valence-corrected chi connectivity index (χ0v) is 25.5. The molecule has 0 aliphatic carbocycles. The second-order valence-electron chi connectivity index (χ2n) is 12.6. The first-order valence-corrected chi connectivity index (χ1v) is 15.9. The van der Waals surface area contributed by atoms with Gasteiger partial charge in [0.15, 0.2) is 0 Å². The molecule has 3 fully saturated rings. The highest BCUT2D eigenvalue weighted by Gasteiger charge is 2.43. The number of amides is 1. The highest BCUT2D eigenvalue weighted by Crippen LogP contribution is 2.37. The number of benzene rings is 1. The van der Waals surface area contributed by atoms with Gasteiger partial charge in [-0.15, -0.1) is 21.5 Å². The van der Waals surface area contributed by atoms with Crippen LogP contribution in [0.5, 0.6) is 0 Å². The van der Waals surface area contributed by atoms with Crippen molar-refractivity contribution in [2.24, 2.45) is 0 Å². The molecule has 1 aromatic carbocycles. The molecule has 2 bridgehead atoms. The van der Waals surface area contributed by atoms with E-state index in [4.69, 9.17) is 19.2 Å². The number of morpholine rings is 1. The van der Waals surface area contributed by atoms with Gasteiger partial charge >= 0.3 is 6.09 Å². The van der Waals surface area contributed by atoms with E-state index in [0.717, 1.165) is 71.3 Å². The maximum atomic E-state index is 12.9. The van der Waals surface area contributed by atoms with Crippen molar-refractivity contribution in [3.05, 3.63) is 42.2 Å². The quantitative estimate of drug-likeness (QED) is 0.298. The lowest BCUT2D eigenvalue weighted by Gasteiger charge is -2.48. The Morgan fingerprint density at radius 2 is 1.88 bits per heavy atom. The van der Waals surface area contributed by atoms with Crippen LogP contribution < -0.4 is 5.32 Å². The molecule has 12 heteroatoms. The summed E-state index contributed by atoms with van der Waals surface area (Å²) < 4.78 is 20.4. The molecule has 7 rings (SSSR count). The number of aromatic nitrogens is 5. The fourth-order valence-electron chi connectivity index (χ4n) is 6.36. The molecule has 3 aromatic heterocycles. The lowest BCUT2D eigenvalue weighted by Crippen LogP contribution is -2.61. The van der Waals surface area contributed by atoms with Gasteiger partial charge in [-0.05, 0) is 65.0 Å². The zero-order valence-electron chi connectivity index (χ0n) is 24.7. The fourth-order valence-corrected chi connectivity index (χ4v) is 7.20. The van der Waals surface area contributed by atoms with Crippen molar-refractivity contribution in [3.8, 4) is 22.4 Å². The minimum absolute atomic E-state index is 0.000516. The number of nitrogens with zero attached hydrogens (tertiary/aromatic N) is 6. The number of hydrogen-bond acceptors (Lipinski definition) is 10. The van der Waals surface area contributed by atoms with E-state index >= 15 is 0 Å². The predicted molar refractivity (Wildman–Crippen MR) is 164 cm³/mol. The summed E-state index contributed by atoms with van der Waals surface area (Å²) in [6, 6.07) is 8.25. The first-order valence-electron chi connectivity index (χ1n) is 15.0. The summed E-state index contributed by atoms with van der Waals surface area (Å²) in [4.78, 5) is 19.5. The van der Waals surface area contributed by atoms with Crippen molar-refractivity contribution in [2.45, 2.75) is 82.8 Å². The smallest absolute Gasteiger partial charge is 0.410 e. The highest BCUT2D eigenvalue weighted by molar-refractivity contribution is 7.17. The topological polar surface area (TPSA) is 117 Å². The molecule has 0 spiro atoms. The van der Waals surface area contributed by atoms with Crippen molar-refractivity contribution in [1.82, 2.24) is 29.9 Å².